The predicted molar refractivity (Wildman–Crippen MR) is 108 cm³/mol. The number of likely N-dealkylation sites (tertiary alicyclic amines) is 1. The van der Waals surface area contributed by atoms with E-state index in [9.17, 15) is 17.6 Å². The van der Waals surface area contributed by atoms with E-state index in [2.05, 4.69) is 15.0 Å². The molecule has 5 rings (SSSR count). The second-order valence-electron chi connectivity index (χ2n) is 8.42. The minimum atomic E-state index is -3.04. The molecule has 166 valence electrons. The highest BCUT2D eigenvalue weighted by molar-refractivity contribution is 8.03. The molecule has 0 radical (unpaired) electrons. The second-order valence-corrected chi connectivity index (χ2v) is 9.55. The van der Waals surface area contributed by atoms with Crippen molar-refractivity contribution in [2.75, 3.05) is 19.7 Å². The molecule has 2 atom stereocenters. The summed E-state index contributed by atoms with van der Waals surface area (Å²) in [5.41, 5.74) is 0.975. The van der Waals surface area contributed by atoms with Gasteiger partial charge in [0.25, 0.3) is 5.92 Å². The van der Waals surface area contributed by atoms with Gasteiger partial charge in [-0.1, -0.05) is 11.8 Å². The van der Waals surface area contributed by atoms with Crippen molar-refractivity contribution in [1.82, 2.24) is 19.7 Å². The van der Waals surface area contributed by atoms with Crippen LogP contribution in [0.3, 0.4) is 0 Å². The molecule has 0 aliphatic carbocycles. The first kappa shape index (κ1) is 21.0. The molecule has 5 heterocycles. The van der Waals surface area contributed by atoms with Crippen molar-refractivity contribution in [2.45, 2.75) is 43.1 Å². The van der Waals surface area contributed by atoms with Crippen LogP contribution in [0, 0.1) is 18.7 Å². The van der Waals surface area contributed by atoms with Gasteiger partial charge in [-0.2, -0.15) is 9.49 Å². The van der Waals surface area contributed by atoms with Crippen molar-refractivity contribution in [3.8, 4) is 5.82 Å². The number of pyridine rings is 1. The Hall–Kier alpha value is -1.91. The molecule has 5 nitrogen and oxygen atoms in total. The van der Waals surface area contributed by atoms with Crippen LogP contribution in [0.25, 0.3) is 5.82 Å². The third kappa shape index (κ3) is 3.68. The van der Waals surface area contributed by atoms with E-state index in [0.29, 0.717) is 32.5 Å². The van der Waals surface area contributed by atoms with E-state index in [1.54, 1.807) is 6.20 Å². The van der Waals surface area contributed by atoms with E-state index in [1.807, 2.05) is 6.92 Å². The first-order valence-corrected chi connectivity index (χ1v) is 11.1. The molecular formula is C21H22F4N4OS. The van der Waals surface area contributed by atoms with Crippen molar-refractivity contribution in [3.05, 3.63) is 52.8 Å². The number of aromatic nitrogens is 3. The standard InChI is InChI=1S/C21H22F4N4OS/c1-13-14(11-29(27-13)19-16(22)3-2-6-26-19)10-28-7-4-20(5-8-28)18-15(9-17(23)31-18)21(24,25)12-30-20/h2-3,6,9,11,15,18H,4-5,7-8,10,12H2,1H3. The van der Waals surface area contributed by atoms with E-state index >= 15 is 0 Å². The maximum absolute atomic E-state index is 14.2. The average Bonchev–Trinajstić information content (AvgIpc) is 3.31. The summed E-state index contributed by atoms with van der Waals surface area (Å²) in [5, 5.41) is 3.25. The summed E-state index contributed by atoms with van der Waals surface area (Å²) >= 11 is 0.882. The first-order valence-electron chi connectivity index (χ1n) is 10.2. The Morgan fingerprint density at radius 1 is 1.26 bits per heavy atom. The minimum absolute atomic E-state index is 0.143. The van der Waals surface area contributed by atoms with E-state index < -0.39 is 40.3 Å². The Balaban J connectivity index is 1.28. The van der Waals surface area contributed by atoms with Gasteiger partial charge in [0.05, 0.1) is 22.5 Å². The summed E-state index contributed by atoms with van der Waals surface area (Å²) in [6.45, 7) is 3.07. The largest absolute Gasteiger partial charge is 0.367 e. The topological polar surface area (TPSA) is 43.2 Å². The van der Waals surface area contributed by atoms with Crippen LogP contribution in [-0.4, -0.2) is 56.1 Å². The van der Waals surface area contributed by atoms with Crippen LogP contribution in [0.2, 0.25) is 0 Å². The maximum atomic E-state index is 14.2. The molecule has 0 saturated carbocycles. The Labute approximate surface area is 181 Å². The van der Waals surface area contributed by atoms with E-state index in [1.165, 1.54) is 23.0 Å². The third-order valence-corrected chi connectivity index (χ3v) is 7.83. The molecule has 0 bridgehead atoms. The molecule has 0 N–H and O–H groups in total. The number of rotatable bonds is 3. The maximum Gasteiger partial charge on any atom is 0.278 e. The van der Waals surface area contributed by atoms with Crippen LogP contribution in [0.5, 0.6) is 0 Å². The SMILES string of the molecule is Cc1nn(-c2ncccc2F)cc1CN1CCC2(CC1)OCC(F)(F)C1C=C(F)SC12. The first-order chi connectivity index (χ1) is 14.8. The van der Waals surface area contributed by atoms with Gasteiger partial charge in [0, 0.05) is 37.6 Å². The van der Waals surface area contributed by atoms with Gasteiger partial charge in [0.2, 0.25) is 0 Å². The lowest BCUT2D eigenvalue weighted by atomic mass is 9.77. The number of fused-ring (bicyclic) bond motifs is 2. The smallest absolute Gasteiger partial charge is 0.278 e. The third-order valence-electron chi connectivity index (χ3n) is 6.49. The van der Waals surface area contributed by atoms with E-state index in [0.717, 1.165) is 29.1 Å². The number of hydrogen-bond acceptors (Lipinski definition) is 5. The fourth-order valence-electron chi connectivity index (χ4n) is 4.72. The summed E-state index contributed by atoms with van der Waals surface area (Å²) in [7, 11) is 0. The normalized spacial score (nSPS) is 27.3. The van der Waals surface area contributed by atoms with Crippen LogP contribution in [0.4, 0.5) is 17.6 Å². The molecule has 2 aromatic heterocycles. The van der Waals surface area contributed by atoms with Crippen molar-refractivity contribution >= 4 is 11.8 Å². The van der Waals surface area contributed by atoms with Gasteiger partial charge in [-0.25, -0.2) is 22.8 Å². The van der Waals surface area contributed by atoms with E-state index in [4.69, 9.17) is 4.74 Å². The molecule has 3 aliphatic heterocycles. The highest BCUT2D eigenvalue weighted by Crippen LogP contribution is 2.55. The van der Waals surface area contributed by atoms with Gasteiger partial charge in [-0.3, -0.25) is 4.90 Å². The Morgan fingerprint density at radius 2 is 2.03 bits per heavy atom. The van der Waals surface area contributed by atoms with Gasteiger partial charge in [-0.15, -0.1) is 0 Å². The molecule has 10 heteroatoms. The molecule has 2 unspecified atom stereocenters. The molecule has 2 aromatic rings. The zero-order chi connectivity index (χ0) is 21.8. The quantitative estimate of drug-likeness (QED) is 0.649. The monoisotopic (exact) mass is 454 g/mol. The molecule has 1 spiro atoms. The number of piperidine rings is 1. The number of nitrogens with zero attached hydrogens (tertiary/aromatic N) is 4. The lowest BCUT2D eigenvalue weighted by Crippen LogP contribution is -2.61. The Bertz CT molecular complexity index is 1020. The molecular weight excluding hydrogens is 432 g/mol. The number of halogens is 4. The summed E-state index contributed by atoms with van der Waals surface area (Å²) in [4.78, 5) is 6.25. The summed E-state index contributed by atoms with van der Waals surface area (Å²) in [6, 6.07) is 2.86. The second kappa shape index (κ2) is 7.60. The van der Waals surface area contributed by atoms with Gasteiger partial charge in [0.15, 0.2) is 16.8 Å². The molecule has 0 aromatic carbocycles. The number of hydrogen-bond donors (Lipinski definition) is 0. The van der Waals surface area contributed by atoms with E-state index in [-0.39, 0.29) is 5.82 Å². The summed E-state index contributed by atoms with van der Waals surface area (Å²) < 4.78 is 63.6. The number of alkyl halides is 2. The van der Waals surface area contributed by atoms with Gasteiger partial charge in [0.1, 0.15) is 6.61 Å². The van der Waals surface area contributed by atoms with Gasteiger partial charge < -0.3 is 4.74 Å². The Morgan fingerprint density at radius 3 is 2.77 bits per heavy atom. The Kier molecular flexibility index (Phi) is 5.14. The van der Waals surface area contributed by atoms with Crippen LogP contribution in [0.15, 0.2) is 35.8 Å². The average molecular weight is 454 g/mol. The summed E-state index contributed by atoms with van der Waals surface area (Å²) in [6.07, 6.45) is 5.46. The highest BCUT2D eigenvalue weighted by Gasteiger charge is 2.60. The number of thioether (sulfide) groups is 1. The summed E-state index contributed by atoms with van der Waals surface area (Å²) in [5.74, 6) is -4.47. The van der Waals surface area contributed by atoms with Crippen LogP contribution in [-0.2, 0) is 11.3 Å². The molecule has 0 amide bonds. The molecule has 3 aliphatic rings. The van der Waals surface area contributed by atoms with Crippen LogP contribution >= 0.6 is 11.8 Å². The fourth-order valence-corrected chi connectivity index (χ4v) is 6.13. The lowest BCUT2D eigenvalue weighted by Gasteiger charge is -2.51. The zero-order valence-corrected chi connectivity index (χ0v) is 17.7. The van der Waals surface area contributed by atoms with Gasteiger partial charge >= 0.3 is 0 Å². The zero-order valence-electron chi connectivity index (χ0n) is 16.9. The van der Waals surface area contributed by atoms with Crippen LogP contribution in [0.1, 0.15) is 24.1 Å². The van der Waals surface area contributed by atoms with Crippen molar-refractivity contribution in [2.24, 2.45) is 5.92 Å². The minimum Gasteiger partial charge on any atom is -0.367 e. The fraction of sp³-hybridized carbons (Fsp3) is 0.524. The number of allylic oxidation sites excluding steroid dienone is 1. The van der Waals surface area contributed by atoms with Crippen molar-refractivity contribution in [1.29, 1.82) is 0 Å². The lowest BCUT2D eigenvalue weighted by molar-refractivity contribution is -0.215. The van der Waals surface area contributed by atoms with Crippen molar-refractivity contribution < 1.29 is 22.3 Å². The molecule has 2 saturated heterocycles. The number of aryl methyl sites for hydroxylation is 1. The molecule has 31 heavy (non-hydrogen) atoms. The number of ether oxygens (including phenoxy) is 1. The van der Waals surface area contributed by atoms with Crippen LogP contribution < -0.4 is 0 Å². The predicted octanol–water partition coefficient (Wildman–Crippen LogP) is 4.26. The molecule has 2 fully saturated rings. The van der Waals surface area contributed by atoms with Gasteiger partial charge in [-0.05, 0) is 38.0 Å². The van der Waals surface area contributed by atoms with Crippen molar-refractivity contribution in [3.63, 3.8) is 0 Å². The highest BCUT2D eigenvalue weighted by atomic mass is 32.2.